The molecule has 0 aromatic carbocycles. The van der Waals surface area contributed by atoms with E-state index in [2.05, 4.69) is 31.7 Å². The third-order valence-electron chi connectivity index (χ3n) is 8.33. The Morgan fingerprint density at radius 1 is 1.13 bits per heavy atom. The number of hydrogen-bond donors (Lipinski definition) is 1. The van der Waals surface area contributed by atoms with Crippen LogP contribution in [0.25, 0.3) is 0 Å². The fourth-order valence-corrected chi connectivity index (χ4v) is 6.00. The molecule has 0 radical (unpaired) electrons. The summed E-state index contributed by atoms with van der Waals surface area (Å²) in [5.41, 5.74) is 0.619. The van der Waals surface area contributed by atoms with E-state index in [-0.39, 0.29) is 61.0 Å². The first-order valence-electron chi connectivity index (χ1n) is 13.6. The quantitative estimate of drug-likeness (QED) is 0.237. The Morgan fingerprint density at radius 3 is 2.45 bits per heavy atom. The Labute approximate surface area is 224 Å². The standard InChI is InChI=1S/C27H42N2O9/c1-18(2)5-6-20-26(3,38-20)24-23(34-4)19(9-10-27(24)17-36-27)37-25(33)29-13-11-28(12-14-29)15-16-35-22(32)8-7-21(30)31/h5,19-20,23-24H,6-17H2,1-4H3,(H,30,31)/t19-,20-,23-,24-,26?,27+/m1/s1. The number of epoxide rings is 2. The number of hydrogen-bond acceptors (Lipinski definition) is 9. The molecule has 3 saturated heterocycles. The Hall–Kier alpha value is -2.21. The molecular weight excluding hydrogens is 496 g/mol. The molecule has 4 aliphatic rings. The van der Waals surface area contributed by atoms with Gasteiger partial charge in [0.25, 0.3) is 0 Å². The Morgan fingerprint density at radius 2 is 1.84 bits per heavy atom. The van der Waals surface area contributed by atoms with E-state index in [1.165, 1.54) is 5.57 Å². The summed E-state index contributed by atoms with van der Waals surface area (Å²) in [5.74, 6) is -1.55. The number of aliphatic carboxylic acids is 1. The summed E-state index contributed by atoms with van der Waals surface area (Å²) in [6.07, 6.45) is 3.24. The molecule has 214 valence electrons. The minimum atomic E-state index is -1.02. The van der Waals surface area contributed by atoms with Crippen molar-refractivity contribution in [3.8, 4) is 0 Å². The van der Waals surface area contributed by atoms with E-state index in [4.69, 9.17) is 28.8 Å². The summed E-state index contributed by atoms with van der Waals surface area (Å²) >= 11 is 0. The number of piperazine rings is 1. The van der Waals surface area contributed by atoms with E-state index in [0.717, 1.165) is 12.8 Å². The van der Waals surface area contributed by atoms with Gasteiger partial charge in [0, 0.05) is 39.8 Å². The Kier molecular flexibility index (Phi) is 9.01. The fourth-order valence-electron chi connectivity index (χ4n) is 6.00. The minimum Gasteiger partial charge on any atom is -0.481 e. The number of carboxylic acids is 1. The van der Waals surface area contributed by atoms with Crippen LogP contribution in [0.5, 0.6) is 0 Å². The number of carboxylic acid groups (broad SMARTS) is 1. The van der Waals surface area contributed by atoms with E-state index in [1.807, 2.05) is 0 Å². The van der Waals surface area contributed by atoms with Crippen LogP contribution in [0.3, 0.4) is 0 Å². The summed E-state index contributed by atoms with van der Waals surface area (Å²) in [5, 5.41) is 8.64. The van der Waals surface area contributed by atoms with Crippen molar-refractivity contribution in [2.24, 2.45) is 5.92 Å². The van der Waals surface area contributed by atoms with Gasteiger partial charge < -0.3 is 33.7 Å². The van der Waals surface area contributed by atoms with Gasteiger partial charge >= 0.3 is 18.0 Å². The fraction of sp³-hybridized carbons (Fsp3) is 0.815. The smallest absolute Gasteiger partial charge is 0.410 e. The molecule has 3 heterocycles. The molecule has 4 fully saturated rings. The molecule has 0 aromatic rings. The first kappa shape index (κ1) is 28.8. The summed E-state index contributed by atoms with van der Waals surface area (Å²) in [6, 6.07) is 0. The number of ether oxygens (including phenoxy) is 5. The van der Waals surface area contributed by atoms with Gasteiger partial charge in [0.1, 0.15) is 30.0 Å². The second-order valence-corrected chi connectivity index (χ2v) is 11.2. The predicted molar refractivity (Wildman–Crippen MR) is 136 cm³/mol. The van der Waals surface area contributed by atoms with Crippen molar-refractivity contribution >= 4 is 18.0 Å². The second kappa shape index (κ2) is 11.9. The highest BCUT2D eigenvalue weighted by molar-refractivity contribution is 5.76. The molecule has 3 aliphatic heterocycles. The normalized spacial score (nSPS) is 34.5. The van der Waals surface area contributed by atoms with Gasteiger partial charge in [-0.3, -0.25) is 14.5 Å². The number of allylic oxidation sites excluding steroid dienone is 1. The number of carbonyl (C=O) groups is 3. The van der Waals surface area contributed by atoms with Crippen LogP contribution in [-0.4, -0.2) is 115 Å². The van der Waals surface area contributed by atoms with Crippen LogP contribution in [0.15, 0.2) is 11.6 Å². The summed E-state index contributed by atoms with van der Waals surface area (Å²) < 4.78 is 29.3. The topological polar surface area (TPSA) is 131 Å². The summed E-state index contributed by atoms with van der Waals surface area (Å²) in [7, 11) is 1.67. The SMILES string of the molecule is CO[C@H]1[C@H](C2(C)O[C@@H]2CC=C(C)C)[C@]2(CC[C@H]1OC(=O)N1CCN(CCOC(=O)CCC(=O)O)CC1)CO2. The predicted octanol–water partition coefficient (Wildman–Crippen LogP) is 2.23. The molecule has 11 nitrogen and oxygen atoms in total. The highest BCUT2D eigenvalue weighted by atomic mass is 16.6. The number of rotatable bonds is 11. The Balaban J connectivity index is 1.25. The van der Waals surface area contributed by atoms with Gasteiger partial charge in [-0.15, -0.1) is 0 Å². The van der Waals surface area contributed by atoms with Crippen LogP contribution >= 0.6 is 0 Å². The van der Waals surface area contributed by atoms with Gasteiger partial charge in [0.15, 0.2) is 0 Å². The molecule has 11 heteroatoms. The van der Waals surface area contributed by atoms with Crippen LogP contribution in [0.1, 0.15) is 52.9 Å². The lowest BCUT2D eigenvalue weighted by molar-refractivity contribution is -0.148. The monoisotopic (exact) mass is 538 g/mol. The first-order chi connectivity index (χ1) is 18.1. The number of methoxy groups -OCH3 is 1. The molecule has 1 unspecified atom stereocenters. The lowest BCUT2D eigenvalue weighted by Crippen LogP contribution is -2.57. The van der Waals surface area contributed by atoms with E-state index in [1.54, 1.807) is 12.0 Å². The summed E-state index contributed by atoms with van der Waals surface area (Å²) in [6.45, 7) is 10.0. The molecule has 1 amide bonds. The van der Waals surface area contributed by atoms with Crippen molar-refractivity contribution in [2.45, 2.75) is 82.4 Å². The van der Waals surface area contributed by atoms with Gasteiger partial charge in [0.2, 0.25) is 0 Å². The third kappa shape index (κ3) is 6.67. The molecular formula is C27H42N2O9. The summed E-state index contributed by atoms with van der Waals surface area (Å²) in [4.78, 5) is 39.0. The van der Waals surface area contributed by atoms with Crippen molar-refractivity contribution in [3.63, 3.8) is 0 Å². The number of carbonyl (C=O) groups excluding carboxylic acids is 2. The highest BCUT2D eigenvalue weighted by Gasteiger charge is 2.72. The third-order valence-corrected chi connectivity index (χ3v) is 8.33. The number of amides is 1. The molecule has 4 rings (SSSR count). The maximum absolute atomic E-state index is 13.1. The van der Waals surface area contributed by atoms with Crippen LogP contribution in [0, 0.1) is 5.92 Å². The maximum atomic E-state index is 13.1. The number of nitrogens with zero attached hydrogens (tertiary/aromatic N) is 2. The van der Waals surface area contributed by atoms with E-state index < -0.39 is 11.9 Å². The average molecular weight is 539 g/mol. The molecule has 1 spiro atoms. The first-order valence-corrected chi connectivity index (χ1v) is 13.6. The second-order valence-electron chi connectivity index (χ2n) is 11.2. The molecule has 0 bridgehead atoms. The maximum Gasteiger partial charge on any atom is 0.410 e. The largest absolute Gasteiger partial charge is 0.481 e. The average Bonchev–Trinajstić information content (AvgIpc) is 3.79. The zero-order chi connectivity index (χ0) is 27.5. The van der Waals surface area contributed by atoms with E-state index in [9.17, 15) is 14.4 Å². The van der Waals surface area contributed by atoms with Crippen LogP contribution in [0.4, 0.5) is 4.79 Å². The lowest BCUT2D eigenvalue weighted by Gasteiger charge is -2.43. The van der Waals surface area contributed by atoms with Gasteiger partial charge in [-0.2, -0.15) is 0 Å². The Bertz CT molecular complexity index is 908. The van der Waals surface area contributed by atoms with Crippen molar-refractivity contribution < 1.29 is 43.2 Å². The van der Waals surface area contributed by atoms with Crippen molar-refractivity contribution in [3.05, 3.63) is 11.6 Å². The van der Waals surface area contributed by atoms with E-state index in [0.29, 0.717) is 45.8 Å². The van der Waals surface area contributed by atoms with Crippen molar-refractivity contribution in [2.75, 3.05) is 53.0 Å². The molecule has 1 N–H and O–H groups in total. The molecule has 1 aliphatic carbocycles. The van der Waals surface area contributed by atoms with Crippen molar-refractivity contribution in [1.29, 1.82) is 0 Å². The minimum absolute atomic E-state index is 0.0165. The van der Waals surface area contributed by atoms with Crippen LogP contribution in [0.2, 0.25) is 0 Å². The van der Waals surface area contributed by atoms with Gasteiger partial charge in [-0.05, 0) is 40.0 Å². The van der Waals surface area contributed by atoms with Crippen molar-refractivity contribution in [1.82, 2.24) is 9.80 Å². The van der Waals surface area contributed by atoms with Gasteiger partial charge in [-0.1, -0.05) is 11.6 Å². The zero-order valence-corrected chi connectivity index (χ0v) is 23.0. The lowest BCUT2D eigenvalue weighted by atomic mass is 9.68. The highest BCUT2D eigenvalue weighted by Crippen LogP contribution is 2.59. The molecule has 6 atom stereocenters. The van der Waals surface area contributed by atoms with Crippen LogP contribution < -0.4 is 0 Å². The molecule has 38 heavy (non-hydrogen) atoms. The molecule has 0 aromatic heterocycles. The van der Waals surface area contributed by atoms with Crippen LogP contribution in [-0.2, 0) is 33.3 Å². The zero-order valence-electron chi connectivity index (χ0n) is 23.0. The number of esters is 1. The van der Waals surface area contributed by atoms with Gasteiger partial charge in [0.05, 0.1) is 31.5 Å². The van der Waals surface area contributed by atoms with Gasteiger partial charge in [-0.25, -0.2) is 4.79 Å². The molecule has 1 saturated carbocycles. The van der Waals surface area contributed by atoms with E-state index >= 15 is 0 Å².